The van der Waals surface area contributed by atoms with Crippen molar-refractivity contribution in [2.75, 3.05) is 23.0 Å². The highest BCUT2D eigenvalue weighted by Crippen LogP contribution is 2.21. The van der Waals surface area contributed by atoms with Crippen molar-refractivity contribution in [3.8, 4) is 5.82 Å². The van der Waals surface area contributed by atoms with Crippen LogP contribution in [-0.2, 0) is 10.0 Å². The van der Waals surface area contributed by atoms with Crippen molar-refractivity contribution in [3.63, 3.8) is 0 Å². The second-order valence-corrected chi connectivity index (χ2v) is 8.51. The quantitative estimate of drug-likeness (QED) is 0.252. The van der Waals surface area contributed by atoms with Crippen molar-refractivity contribution in [2.45, 2.75) is 10.9 Å². The van der Waals surface area contributed by atoms with Crippen LogP contribution in [0.1, 0.15) is 11.6 Å². The summed E-state index contributed by atoms with van der Waals surface area (Å²) in [5.74, 6) is 1.08. The lowest BCUT2D eigenvalue weighted by Gasteiger charge is -2.17. The van der Waals surface area contributed by atoms with E-state index in [1.165, 1.54) is 35.3 Å². The number of nitrogen functional groups attached to an aromatic ring is 1. The summed E-state index contributed by atoms with van der Waals surface area (Å²) in [4.78, 5) is 12.5. The molecular formula is C20H21N9O3S. The molecule has 12 nitrogen and oxygen atoms in total. The Morgan fingerprint density at radius 2 is 1.79 bits per heavy atom. The summed E-state index contributed by atoms with van der Waals surface area (Å²) >= 11 is 0. The molecule has 0 radical (unpaired) electrons. The molecule has 13 heteroatoms. The molecule has 2 aromatic carbocycles. The van der Waals surface area contributed by atoms with Gasteiger partial charge in [-0.3, -0.25) is 0 Å². The fraction of sp³-hybridized carbons (Fsp3) is 0.100. The monoisotopic (exact) mass is 467 g/mol. The molecule has 2 heterocycles. The smallest absolute Gasteiger partial charge is 0.248 e. The molecule has 4 aromatic rings. The van der Waals surface area contributed by atoms with Crippen LogP contribution in [0.5, 0.6) is 0 Å². The minimum absolute atomic E-state index is 0.0104. The van der Waals surface area contributed by atoms with Gasteiger partial charge in [0.1, 0.15) is 12.1 Å². The third-order valence-electron chi connectivity index (χ3n) is 4.65. The fourth-order valence-corrected chi connectivity index (χ4v) is 3.56. The lowest BCUT2D eigenvalue weighted by atomic mass is 10.1. The summed E-state index contributed by atoms with van der Waals surface area (Å²) in [6, 6.07) is 16.5. The molecule has 0 fully saturated rings. The van der Waals surface area contributed by atoms with Crippen LogP contribution in [-0.4, -0.2) is 44.9 Å². The van der Waals surface area contributed by atoms with Gasteiger partial charge in [-0.15, -0.1) is 5.10 Å². The van der Waals surface area contributed by atoms with Crippen molar-refractivity contribution >= 4 is 33.4 Å². The predicted molar refractivity (Wildman–Crippen MR) is 122 cm³/mol. The summed E-state index contributed by atoms with van der Waals surface area (Å²) in [6.07, 6.45) is 1.34. The maximum absolute atomic E-state index is 11.4. The molecule has 0 unspecified atom stereocenters. The summed E-state index contributed by atoms with van der Waals surface area (Å²) in [6.45, 7) is -0.132. The Balaban J connectivity index is 1.53. The number of rotatable bonds is 8. The molecule has 0 spiro atoms. The minimum atomic E-state index is -3.78. The third kappa shape index (κ3) is 5.23. The van der Waals surface area contributed by atoms with Crippen molar-refractivity contribution in [3.05, 3.63) is 72.6 Å². The average molecular weight is 468 g/mol. The van der Waals surface area contributed by atoms with E-state index in [9.17, 15) is 13.5 Å². The van der Waals surface area contributed by atoms with Crippen LogP contribution in [0, 0.1) is 0 Å². The lowest BCUT2D eigenvalue weighted by molar-refractivity contribution is 0.276. The summed E-state index contributed by atoms with van der Waals surface area (Å²) in [7, 11) is -3.78. The van der Waals surface area contributed by atoms with Crippen LogP contribution in [0.2, 0.25) is 0 Å². The molecule has 170 valence electrons. The maximum atomic E-state index is 11.4. The third-order valence-corrected chi connectivity index (χ3v) is 5.58. The number of nitrogens with one attached hydrogen (secondary N) is 2. The highest BCUT2D eigenvalue weighted by Gasteiger charge is 2.14. The number of nitrogens with two attached hydrogens (primary N) is 2. The fourth-order valence-electron chi connectivity index (χ4n) is 3.04. The molecule has 0 saturated carbocycles. The largest absolute Gasteiger partial charge is 0.394 e. The number of nitrogens with zero attached hydrogens (tertiary/aromatic N) is 5. The molecule has 0 saturated heterocycles. The number of hydrogen-bond donors (Lipinski definition) is 5. The van der Waals surface area contributed by atoms with Crippen LogP contribution in [0.4, 0.5) is 23.4 Å². The highest BCUT2D eigenvalue weighted by atomic mass is 32.2. The van der Waals surface area contributed by atoms with E-state index in [1.54, 1.807) is 6.07 Å². The molecule has 4 rings (SSSR count). The van der Waals surface area contributed by atoms with E-state index in [2.05, 4.69) is 30.7 Å². The van der Waals surface area contributed by atoms with Gasteiger partial charge in [0.05, 0.1) is 17.5 Å². The normalized spacial score (nSPS) is 12.3. The van der Waals surface area contributed by atoms with Gasteiger partial charge < -0.3 is 21.5 Å². The van der Waals surface area contributed by atoms with Crippen LogP contribution >= 0.6 is 0 Å². The highest BCUT2D eigenvalue weighted by molar-refractivity contribution is 7.89. The first-order valence-corrected chi connectivity index (χ1v) is 11.3. The van der Waals surface area contributed by atoms with E-state index < -0.39 is 10.0 Å². The van der Waals surface area contributed by atoms with Crippen molar-refractivity contribution in [1.82, 2.24) is 24.7 Å². The van der Waals surface area contributed by atoms with Gasteiger partial charge in [-0.1, -0.05) is 30.3 Å². The summed E-state index contributed by atoms with van der Waals surface area (Å²) < 4.78 is 24.1. The Kier molecular flexibility index (Phi) is 6.17. The minimum Gasteiger partial charge on any atom is -0.394 e. The van der Waals surface area contributed by atoms with Crippen molar-refractivity contribution in [1.29, 1.82) is 0 Å². The van der Waals surface area contributed by atoms with Gasteiger partial charge in [-0.2, -0.15) is 9.67 Å². The number of primary sulfonamides is 1. The van der Waals surface area contributed by atoms with Gasteiger partial charge >= 0.3 is 0 Å². The van der Waals surface area contributed by atoms with Crippen LogP contribution < -0.4 is 21.5 Å². The van der Waals surface area contributed by atoms with Gasteiger partial charge in [0.15, 0.2) is 5.82 Å². The average Bonchev–Trinajstić information content (AvgIpc) is 3.18. The summed E-state index contributed by atoms with van der Waals surface area (Å²) in [5, 5.41) is 25.3. The standard InChI is InChI=1S/C20H21N9O3S/c21-19-27-20(25-14-6-8-15(9-7-14)33(22,31)32)28-29(19)18-10-17(23-12-24-18)26-16(11-30)13-4-2-1-3-5-13/h1-10,12,16,30H,11H2,(H2,22,31,32)(H,23,24,26)(H3,21,25,27,28)/t16-/m1/s1. The van der Waals surface area contributed by atoms with Gasteiger partial charge in [0.25, 0.3) is 0 Å². The van der Waals surface area contributed by atoms with Gasteiger partial charge in [0, 0.05) is 11.8 Å². The van der Waals surface area contributed by atoms with Gasteiger partial charge in [-0.05, 0) is 29.8 Å². The van der Waals surface area contributed by atoms with Crippen LogP contribution in [0.15, 0.2) is 71.9 Å². The SMILES string of the molecule is Nc1nc(Nc2ccc(S(N)(=O)=O)cc2)nn1-c1cc(N[C@H](CO)c2ccccc2)ncn1. The van der Waals surface area contributed by atoms with Gasteiger partial charge in [-0.25, -0.2) is 23.5 Å². The molecule has 1 atom stereocenters. The van der Waals surface area contributed by atoms with Crippen LogP contribution in [0.3, 0.4) is 0 Å². The molecule has 0 aliphatic heterocycles. The van der Waals surface area contributed by atoms with Crippen LogP contribution in [0.25, 0.3) is 5.82 Å². The molecule has 0 aliphatic carbocycles. The number of benzene rings is 2. The molecule has 0 aliphatic rings. The zero-order valence-electron chi connectivity index (χ0n) is 17.2. The predicted octanol–water partition coefficient (Wildman–Crippen LogP) is 1.18. The molecule has 2 aromatic heterocycles. The number of hydrogen-bond acceptors (Lipinski definition) is 10. The Bertz CT molecular complexity index is 1340. The number of anilines is 4. The zero-order chi connectivity index (χ0) is 23.4. The first-order valence-electron chi connectivity index (χ1n) is 9.70. The Morgan fingerprint density at radius 3 is 2.45 bits per heavy atom. The molecule has 0 bridgehead atoms. The number of sulfonamides is 1. The second kappa shape index (κ2) is 9.20. The van der Waals surface area contributed by atoms with E-state index in [4.69, 9.17) is 10.9 Å². The van der Waals surface area contributed by atoms with E-state index in [-0.39, 0.29) is 29.4 Å². The second-order valence-electron chi connectivity index (χ2n) is 6.95. The lowest BCUT2D eigenvalue weighted by Crippen LogP contribution is -2.16. The first kappa shape index (κ1) is 22.1. The Hall–Kier alpha value is -4.07. The molecule has 7 N–H and O–H groups in total. The molecule has 33 heavy (non-hydrogen) atoms. The van der Waals surface area contributed by atoms with Crippen molar-refractivity contribution in [2.24, 2.45) is 5.14 Å². The first-order chi connectivity index (χ1) is 15.8. The van der Waals surface area contributed by atoms with E-state index in [0.717, 1.165) is 5.56 Å². The van der Waals surface area contributed by atoms with Crippen molar-refractivity contribution < 1.29 is 13.5 Å². The number of aliphatic hydroxyl groups excluding tert-OH is 1. The molecular weight excluding hydrogens is 446 g/mol. The van der Waals surface area contributed by atoms with Gasteiger partial charge in [0.2, 0.25) is 21.9 Å². The van der Waals surface area contributed by atoms with E-state index in [0.29, 0.717) is 17.3 Å². The molecule has 0 amide bonds. The zero-order valence-corrected chi connectivity index (χ0v) is 18.0. The number of aromatic nitrogens is 5. The Morgan fingerprint density at radius 1 is 1.06 bits per heavy atom. The maximum Gasteiger partial charge on any atom is 0.248 e. The summed E-state index contributed by atoms with van der Waals surface area (Å²) in [5.41, 5.74) is 7.45. The number of aliphatic hydroxyl groups is 1. The van der Waals surface area contributed by atoms with E-state index >= 15 is 0 Å². The Labute approximate surface area is 189 Å². The van der Waals surface area contributed by atoms with E-state index in [1.807, 2.05) is 30.3 Å². The topological polar surface area (TPSA) is 187 Å².